The number of aromatic nitrogens is 1. The lowest BCUT2D eigenvalue weighted by Crippen LogP contribution is -2.31. The minimum atomic E-state index is -0.250. The maximum atomic E-state index is 10.3. The zero-order chi connectivity index (χ0) is 16.2. The number of aldehydes is 1. The second kappa shape index (κ2) is 10.3. The van der Waals surface area contributed by atoms with Crippen LogP contribution in [0.2, 0.25) is 0 Å². The molecule has 3 rings (SSSR count). The predicted octanol–water partition coefficient (Wildman–Crippen LogP) is 2.61. The lowest BCUT2D eigenvalue weighted by atomic mass is 9.94. The smallest absolute Gasteiger partial charge is 0.290 e. The summed E-state index contributed by atoms with van der Waals surface area (Å²) in [6.07, 6.45) is 4.87. The van der Waals surface area contributed by atoms with Crippen LogP contribution in [-0.2, 0) is 4.79 Å². The molecule has 6 heteroatoms. The van der Waals surface area contributed by atoms with Gasteiger partial charge in [-0.25, -0.2) is 0 Å². The fraction of sp³-hybridized carbons (Fsp3) is 0.312. The summed E-state index contributed by atoms with van der Waals surface area (Å²) in [6, 6.07) is 12.0. The molecule has 0 spiro atoms. The molecule has 0 atom stereocenters. The normalized spacial score (nSPS) is 12.8. The molecule has 1 aromatic heterocycles. The van der Waals surface area contributed by atoms with Crippen molar-refractivity contribution in [2.75, 3.05) is 7.05 Å². The zero-order valence-electron chi connectivity index (χ0n) is 12.4. The molecule has 1 aliphatic carbocycles. The van der Waals surface area contributed by atoms with Gasteiger partial charge in [0.1, 0.15) is 5.69 Å². The van der Waals surface area contributed by atoms with Gasteiger partial charge in [0.15, 0.2) is 12.0 Å². The van der Waals surface area contributed by atoms with Crippen LogP contribution < -0.4 is 5.32 Å². The highest BCUT2D eigenvalue weighted by Gasteiger charge is 2.13. The summed E-state index contributed by atoms with van der Waals surface area (Å²) < 4.78 is 4.75. The molecule has 1 aliphatic rings. The van der Waals surface area contributed by atoms with E-state index in [1.165, 1.54) is 19.3 Å². The van der Waals surface area contributed by atoms with Crippen molar-refractivity contribution in [1.82, 2.24) is 10.5 Å². The van der Waals surface area contributed by atoms with Crippen LogP contribution in [-0.4, -0.2) is 36.1 Å². The van der Waals surface area contributed by atoms with Gasteiger partial charge in [-0.1, -0.05) is 41.9 Å². The van der Waals surface area contributed by atoms with Crippen molar-refractivity contribution >= 4 is 12.8 Å². The van der Waals surface area contributed by atoms with E-state index in [1.807, 2.05) is 37.4 Å². The van der Waals surface area contributed by atoms with E-state index in [-0.39, 0.29) is 12.2 Å². The number of benzene rings is 1. The van der Waals surface area contributed by atoms with Gasteiger partial charge < -0.3 is 14.9 Å². The number of rotatable bonds is 3. The molecule has 1 saturated carbocycles. The molecule has 2 N–H and O–H groups in total. The molecule has 0 amide bonds. The molecule has 118 valence electrons. The van der Waals surface area contributed by atoms with Crippen LogP contribution in [0.5, 0.6) is 0 Å². The van der Waals surface area contributed by atoms with E-state index in [2.05, 4.69) is 10.5 Å². The Labute approximate surface area is 129 Å². The molecule has 0 bridgehead atoms. The van der Waals surface area contributed by atoms with Gasteiger partial charge in [-0.2, -0.15) is 0 Å². The molecule has 1 heterocycles. The highest BCUT2D eigenvalue weighted by Crippen LogP contribution is 2.17. The maximum absolute atomic E-state index is 10.3. The Hall–Kier alpha value is -2.47. The van der Waals surface area contributed by atoms with Gasteiger partial charge in [0.05, 0.1) is 0 Å². The number of hydrogen-bond acceptors (Lipinski definition) is 5. The maximum Gasteiger partial charge on any atom is 0.290 e. The van der Waals surface area contributed by atoms with Crippen molar-refractivity contribution in [3.05, 3.63) is 42.2 Å². The Balaban J connectivity index is 0.000000224. The first-order chi connectivity index (χ1) is 10.7. The largest absolute Gasteiger partial charge is 0.483 e. The second-order valence-corrected chi connectivity index (χ2v) is 4.62. The summed E-state index contributed by atoms with van der Waals surface area (Å²) in [6.45, 7) is -0.250. The van der Waals surface area contributed by atoms with Crippen LogP contribution in [0, 0.1) is 0 Å². The summed E-state index contributed by atoms with van der Waals surface area (Å²) in [5.74, 6) is 0.249. The van der Waals surface area contributed by atoms with E-state index < -0.39 is 0 Å². The van der Waals surface area contributed by atoms with Crippen LogP contribution in [0.4, 0.5) is 0 Å². The molecule has 1 aromatic carbocycles. The predicted molar refractivity (Wildman–Crippen MR) is 82.7 cm³/mol. The van der Waals surface area contributed by atoms with Crippen LogP contribution in [0.25, 0.3) is 11.3 Å². The van der Waals surface area contributed by atoms with Gasteiger partial charge in [0.2, 0.25) is 0 Å². The number of carbonyl (C=O) groups excluding carboxylic acids is 1. The molecule has 22 heavy (non-hydrogen) atoms. The molecular formula is C16H20N2O4. The summed E-state index contributed by atoms with van der Waals surface area (Å²) in [5.41, 5.74) is 1.63. The summed E-state index contributed by atoms with van der Waals surface area (Å²) >= 11 is 0. The molecule has 6 nitrogen and oxygen atoms in total. The number of nitrogens with zero attached hydrogens (tertiary/aromatic N) is 1. The highest BCUT2D eigenvalue weighted by atomic mass is 16.5. The standard InChI is InChI=1S/C10H7NO2.C5H11N.CH2O2/c12-7-9-6-10(11-13-9)8-4-2-1-3-5-8;1-6-5-3-2-4-5;2-1-3/h1-7H;5-6H,2-4H2,1H3;1H,(H,2,3). The first-order valence-corrected chi connectivity index (χ1v) is 6.97. The van der Waals surface area contributed by atoms with E-state index in [0.717, 1.165) is 11.6 Å². The van der Waals surface area contributed by atoms with Gasteiger partial charge in [-0.3, -0.25) is 9.59 Å². The van der Waals surface area contributed by atoms with Gasteiger partial charge >= 0.3 is 0 Å². The van der Waals surface area contributed by atoms with Crippen molar-refractivity contribution in [3.63, 3.8) is 0 Å². The zero-order valence-corrected chi connectivity index (χ0v) is 12.4. The fourth-order valence-corrected chi connectivity index (χ4v) is 1.79. The molecular weight excluding hydrogens is 284 g/mol. The van der Waals surface area contributed by atoms with E-state index in [9.17, 15) is 4.79 Å². The van der Waals surface area contributed by atoms with Crippen molar-refractivity contribution in [2.45, 2.75) is 25.3 Å². The lowest BCUT2D eigenvalue weighted by molar-refractivity contribution is -0.122. The third kappa shape index (κ3) is 5.88. The first kappa shape index (κ1) is 17.6. The number of carbonyl (C=O) groups is 2. The third-order valence-electron chi connectivity index (χ3n) is 3.23. The van der Waals surface area contributed by atoms with Crippen LogP contribution >= 0.6 is 0 Å². The Kier molecular flexibility index (Phi) is 8.22. The highest BCUT2D eigenvalue weighted by molar-refractivity contribution is 5.73. The van der Waals surface area contributed by atoms with Gasteiger partial charge in [-0.15, -0.1) is 0 Å². The molecule has 0 radical (unpaired) electrons. The Bertz CT molecular complexity index is 548. The first-order valence-electron chi connectivity index (χ1n) is 6.97. The Morgan fingerprint density at radius 3 is 2.27 bits per heavy atom. The number of hydrogen-bond donors (Lipinski definition) is 2. The third-order valence-corrected chi connectivity index (χ3v) is 3.23. The number of nitrogens with one attached hydrogen (secondary N) is 1. The molecule has 1 fully saturated rings. The average Bonchev–Trinajstić information content (AvgIpc) is 2.97. The van der Waals surface area contributed by atoms with Crippen molar-refractivity contribution in [2.24, 2.45) is 0 Å². The molecule has 2 aromatic rings. The van der Waals surface area contributed by atoms with E-state index >= 15 is 0 Å². The van der Waals surface area contributed by atoms with E-state index in [1.54, 1.807) is 6.07 Å². The summed E-state index contributed by atoms with van der Waals surface area (Å²) in [7, 11) is 2.03. The van der Waals surface area contributed by atoms with Crippen LogP contribution in [0.15, 0.2) is 40.9 Å². The van der Waals surface area contributed by atoms with Crippen LogP contribution in [0.1, 0.15) is 29.8 Å². The Morgan fingerprint density at radius 1 is 1.27 bits per heavy atom. The SMILES string of the molecule is CNC1CCC1.O=CO.O=Cc1cc(-c2ccccc2)no1. The molecule has 0 unspecified atom stereocenters. The lowest BCUT2D eigenvalue weighted by Gasteiger charge is -2.23. The average molecular weight is 304 g/mol. The minimum absolute atomic E-state index is 0.249. The quantitative estimate of drug-likeness (QED) is 0.847. The van der Waals surface area contributed by atoms with Crippen molar-refractivity contribution < 1.29 is 19.2 Å². The summed E-state index contributed by atoms with van der Waals surface area (Å²) in [5, 5.41) is 13.8. The van der Waals surface area contributed by atoms with Crippen molar-refractivity contribution in [1.29, 1.82) is 0 Å². The van der Waals surface area contributed by atoms with Gasteiger partial charge in [-0.05, 0) is 19.9 Å². The fourth-order valence-electron chi connectivity index (χ4n) is 1.79. The second-order valence-electron chi connectivity index (χ2n) is 4.62. The van der Waals surface area contributed by atoms with Gasteiger partial charge in [0.25, 0.3) is 6.47 Å². The topological polar surface area (TPSA) is 92.4 Å². The van der Waals surface area contributed by atoms with Crippen LogP contribution in [0.3, 0.4) is 0 Å². The van der Waals surface area contributed by atoms with E-state index in [4.69, 9.17) is 14.4 Å². The molecule has 0 saturated heterocycles. The minimum Gasteiger partial charge on any atom is -0.483 e. The van der Waals surface area contributed by atoms with Crippen molar-refractivity contribution in [3.8, 4) is 11.3 Å². The van der Waals surface area contributed by atoms with Gasteiger partial charge in [0, 0.05) is 17.7 Å². The van der Waals surface area contributed by atoms with E-state index in [0.29, 0.717) is 12.0 Å². The monoisotopic (exact) mass is 304 g/mol. The number of carboxylic acid groups (broad SMARTS) is 1. The Morgan fingerprint density at radius 2 is 1.91 bits per heavy atom. The summed E-state index contributed by atoms with van der Waals surface area (Å²) in [4.78, 5) is 18.7. The molecule has 0 aliphatic heterocycles.